The molecular formula is C13H20N2. The van der Waals surface area contributed by atoms with Gasteiger partial charge in [-0.15, -0.1) is 0 Å². The first-order valence-corrected chi connectivity index (χ1v) is 5.75. The Bertz CT molecular complexity index is 333. The monoisotopic (exact) mass is 204 g/mol. The molecule has 2 atom stereocenters. The summed E-state index contributed by atoms with van der Waals surface area (Å²) >= 11 is 0. The van der Waals surface area contributed by atoms with E-state index < -0.39 is 0 Å². The minimum absolute atomic E-state index is 0.239. The predicted molar refractivity (Wildman–Crippen MR) is 65.2 cm³/mol. The fraction of sp³-hybridized carbons (Fsp3) is 0.538. The van der Waals surface area contributed by atoms with Crippen LogP contribution < -0.4 is 10.6 Å². The van der Waals surface area contributed by atoms with Crippen molar-refractivity contribution in [1.82, 2.24) is 0 Å². The van der Waals surface area contributed by atoms with Gasteiger partial charge >= 0.3 is 0 Å². The minimum Gasteiger partial charge on any atom is -0.369 e. The largest absolute Gasteiger partial charge is 0.369 e. The Labute approximate surface area is 92.1 Å². The maximum absolute atomic E-state index is 5.88. The molecule has 1 aliphatic heterocycles. The molecular weight excluding hydrogens is 184 g/mol. The topological polar surface area (TPSA) is 29.3 Å². The highest BCUT2D eigenvalue weighted by Crippen LogP contribution is 2.29. The molecule has 2 heteroatoms. The maximum Gasteiger partial charge on any atom is 0.0399 e. The van der Waals surface area contributed by atoms with Crippen LogP contribution in [0.15, 0.2) is 24.3 Å². The van der Waals surface area contributed by atoms with Gasteiger partial charge < -0.3 is 10.6 Å². The van der Waals surface area contributed by atoms with Crippen molar-refractivity contribution >= 4 is 5.69 Å². The summed E-state index contributed by atoms with van der Waals surface area (Å²) in [5.74, 6) is 0.735. The lowest BCUT2D eigenvalue weighted by Crippen LogP contribution is -2.41. The van der Waals surface area contributed by atoms with E-state index in [0.717, 1.165) is 19.0 Å². The van der Waals surface area contributed by atoms with Gasteiger partial charge in [-0.05, 0) is 30.9 Å². The Hall–Kier alpha value is -1.02. The van der Waals surface area contributed by atoms with Gasteiger partial charge in [0, 0.05) is 24.8 Å². The number of para-hydroxylation sites is 1. The van der Waals surface area contributed by atoms with E-state index in [-0.39, 0.29) is 6.04 Å². The Morgan fingerprint density at radius 1 is 1.47 bits per heavy atom. The summed E-state index contributed by atoms with van der Waals surface area (Å²) in [5, 5.41) is 0. The summed E-state index contributed by atoms with van der Waals surface area (Å²) in [6.45, 7) is 6.48. The summed E-state index contributed by atoms with van der Waals surface area (Å²) in [5.41, 5.74) is 8.74. The minimum atomic E-state index is 0.239. The van der Waals surface area contributed by atoms with Gasteiger partial charge in [-0.3, -0.25) is 0 Å². The molecule has 0 saturated heterocycles. The van der Waals surface area contributed by atoms with E-state index in [1.165, 1.54) is 17.7 Å². The summed E-state index contributed by atoms with van der Waals surface area (Å²) in [4.78, 5) is 2.42. The SMILES string of the molecule is CC(N)CN1CC(C)Cc2ccccc21. The molecule has 2 N–H and O–H groups in total. The van der Waals surface area contributed by atoms with Crippen LogP contribution in [0, 0.1) is 5.92 Å². The zero-order chi connectivity index (χ0) is 10.8. The van der Waals surface area contributed by atoms with Gasteiger partial charge in [-0.2, -0.15) is 0 Å². The van der Waals surface area contributed by atoms with Crippen LogP contribution in [-0.2, 0) is 6.42 Å². The second kappa shape index (κ2) is 4.23. The number of nitrogens with zero attached hydrogens (tertiary/aromatic N) is 1. The number of benzene rings is 1. The standard InChI is InChI=1S/C13H20N2/c1-10-7-12-5-3-4-6-13(12)15(8-10)9-11(2)14/h3-6,10-11H,7-9,14H2,1-2H3. The first-order chi connectivity index (χ1) is 7.16. The smallest absolute Gasteiger partial charge is 0.0399 e. The predicted octanol–water partition coefficient (Wildman–Crippen LogP) is 2.03. The van der Waals surface area contributed by atoms with Gasteiger partial charge in [0.2, 0.25) is 0 Å². The van der Waals surface area contributed by atoms with Gasteiger partial charge in [-0.1, -0.05) is 25.1 Å². The van der Waals surface area contributed by atoms with Crippen LogP contribution in [0.25, 0.3) is 0 Å². The molecule has 1 aromatic carbocycles. The molecule has 1 aliphatic rings. The fourth-order valence-electron chi connectivity index (χ4n) is 2.43. The number of hydrogen-bond acceptors (Lipinski definition) is 2. The molecule has 0 saturated carbocycles. The number of rotatable bonds is 2. The fourth-order valence-corrected chi connectivity index (χ4v) is 2.43. The molecule has 0 aliphatic carbocycles. The first kappa shape index (κ1) is 10.5. The molecule has 0 bridgehead atoms. The number of fused-ring (bicyclic) bond motifs is 1. The van der Waals surface area contributed by atoms with Crippen LogP contribution in [0.2, 0.25) is 0 Å². The maximum atomic E-state index is 5.88. The molecule has 2 rings (SSSR count). The van der Waals surface area contributed by atoms with E-state index in [2.05, 4.69) is 43.0 Å². The summed E-state index contributed by atoms with van der Waals surface area (Å²) in [6.07, 6.45) is 1.20. The highest BCUT2D eigenvalue weighted by molar-refractivity contribution is 5.55. The van der Waals surface area contributed by atoms with Gasteiger partial charge in [0.1, 0.15) is 0 Å². The molecule has 1 aromatic rings. The molecule has 15 heavy (non-hydrogen) atoms. The first-order valence-electron chi connectivity index (χ1n) is 5.75. The van der Waals surface area contributed by atoms with Crippen LogP contribution in [0.5, 0.6) is 0 Å². The quantitative estimate of drug-likeness (QED) is 0.798. The second-order valence-corrected chi connectivity index (χ2v) is 4.82. The average Bonchev–Trinajstić information content (AvgIpc) is 2.16. The van der Waals surface area contributed by atoms with Crippen molar-refractivity contribution in [3.63, 3.8) is 0 Å². The molecule has 0 radical (unpaired) electrons. The lowest BCUT2D eigenvalue weighted by Gasteiger charge is -2.35. The number of anilines is 1. The normalized spacial score (nSPS) is 22.3. The van der Waals surface area contributed by atoms with E-state index in [1.807, 2.05) is 0 Å². The van der Waals surface area contributed by atoms with Crippen molar-refractivity contribution < 1.29 is 0 Å². The third-order valence-corrected chi connectivity index (χ3v) is 2.94. The highest BCUT2D eigenvalue weighted by atomic mass is 15.1. The highest BCUT2D eigenvalue weighted by Gasteiger charge is 2.21. The van der Waals surface area contributed by atoms with Gasteiger partial charge in [0.15, 0.2) is 0 Å². The zero-order valence-electron chi connectivity index (χ0n) is 9.61. The molecule has 0 aromatic heterocycles. The third kappa shape index (κ3) is 2.32. The molecule has 0 spiro atoms. The van der Waals surface area contributed by atoms with Crippen LogP contribution in [-0.4, -0.2) is 19.1 Å². The van der Waals surface area contributed by atoms with E-state index in [0.29, 0.717) is 0 Å². The van der Waals surface area contributed by atoms with Crippen molar-refractivity contribution in [1.29, 1.82) is 0 Å². The summed E-state index contributed by atoms with van der Waals surface area (Å²) < 4.78 is 0. The van der Waals surface area contributed by atoms with Crippen molar-refractivity contribution in [2.45, 2.75) is 26.3 Å². The van der Waals surface area contributed by atoms with E-state index in [9.17, 15) is 0 Å². The van der Waals surface area contributed by atoms with Gasteiger partial charge in [0.25, 0.3) is 0 Å². The zero-order valence-corrected chi connectivity index (χ0v) is 9.61. The van der Waals surface area contributed by atoms with Gasteiger partial charge in [-0.25, -0.2) is 0 Å². The Morgan fingerprint density at radius 2 is 2.20 bits per heavy atom. The lowest BCUT2D eigenvalue weighted by atomic mass is 9.93. The van der Waals surface area contributed by atoms with Crippen LogP contribution in [0.4, 0.5) is 5.69 Å². The Kier molecular flexibility index (Phi) is 2.96. The Morgan fingerprint density at radius 3 is 2.93 bits per heavy atom. The van der Waals surface area contributed by atoms with E-state index in [4.69, 9.17) is 5.73 Å². The molecule has 2 unspecified atom stereocenters. The van der Waals surface area contributed by atoms with Crippen LogP contribution >= 0.6 is 0 Å². The molecule has 2 nitrogen and oxygen atoms in total. The van der Waals surface area contributed by atoms with E-state index >= 15 is 0 Å². The summed E-state index contributed by atoms with van der Waals surface area (Å²) in [6, 6.07) is 8.93. The van der Waals surface area contributed by atoms with Gasteiger partial charge in [0.05, 0.1) is 0 Å². The molecule has 1 heterocycles. The van der Waals surface area contributed by atoms with Crippen LogP contribution in [0.3, 0.4) is 0 Å². The summed E-state index contributed by atoms with van der Waals surface area (Å²) in [7, 11) is 0. The van der Waals surface area contributed by atoms with Crippen molar-refractivity contribution in [3.8, 4) is 0 Å². The average molecular weight is 204 g/mol. The molecule has 82 valence electrons. The lowest BCUT2D eigenvalue weighted by molar-refractivity contribution is 0.518. The number of hydrogen-bond donors (Lipinski definition) is 1. The van der Waals surface area contributed by atoms with Crippen molar-refractivity contribution in [3.05, 3.63) is 29.8 Å². The molecule has 0 fully saturated rings. The second-order valence-electron chi connectivity index (χ2n) is 4.82. The third-order valence-electron chi connectivity index (χ3n) is 2.94. The number of nitrogens with two attached hydrogens (primary N) is 1. The Balaban J connectivity index is 2.26. The van der Waals surface area contributed by atoms with Crippen LogP contribution in [0.1, 0.15) is 19.4 Å². The van der Waals surface area contributed by atoms with Crippen molar-refractivity contribution in [2.24, 2.45) is 11.7 Å². The molecule has 0 amide bonds. The van der Waals surface area contributed by atoms with Crippen molar-refractivity contribution in [2.75, 3.05) is 18.0 Å². The van der Waals surface area contributed by atoms with E-state index in [1.54, 1.807) is 0 Å².